The predicted molar refractivity (Wildman–Crippen MR) is 62.6 cm³/mol. The minimum Gasteiger partial charge on any atom is -0.477 e. The van der Waals surface area contributed by atoms with Crippen molar-refractivity contribution in [2.75, 3.05) is 12.3 Å². The fourth-order valence-electron chi connectivity index (χ4n) is 1.46. The predicted octanol–water partition coefficient (Wildman–Crippen LogP) is 1.49. The van der Waals surface area contributed by atoms with Gasteiger partial charge in [0.05, 0.1) is 0 Å². The summed E-state index contributed by atoms with van der Waals surface area (Å²) in [6.07, 6.45) is 0.944. The fraction of sp³-hybridized carbons (Fsp3) is 0.545. The molecule has 1 atom stereocenters. The van der Waals surface area contributed by atoms with E-state index in [0.717, 1.165) is 0 Å². The van der Waals surface area contributed by atoms with Crippen molar-refractivity contribution in [3.8, 4) is 0 Å². The molecule has 0 saturated heterocycles. The van der Waals surface area contributed by atoms with Crippen molar-refractivity contribution in [3.05, 3.63) is 17.6 Å². The van der Waals surface area contributed by atoms with Gasteiger partial charge in [-0.1, -0.05) is 13.8 Å². The molecule has 1 aromatic rings. The summed E-state index contributed by atoms with van der Waals surface area (Å²) < 4.78 is 5.52. The molecule has 1 rings (SSSR count). The van der Waals surface area contributed by atoms with Crippen LogP contribution < -0.4 is 5.73 Å². The highest BCUT2D eigenvalue weighted by Crippen LogP contribution is 2.23. The largest absolute Gasteiger partial charge is 0.477 e. The van der Waals surface area contributed by atoms with E-state index < -0.39 is 5.97 Å². The van der Waals surface area contributed by atoms with Crippen molar-refractivity contribution < 1.29 is 14.6 Å². The lowest BCUT2D eigenvalue weighted by Gasteiger charge is -2.19. The number of aromatic nitrogens is 2. The molecule has 0 aromatic carbocycles. The average molecular weight is 239 g/mol. The van der Waals surface area contributed by atoms with E-state index >= 15 is 0 Å². The van der Waals surface area contributed by atoms with Crippen molar-refractivity contribution in [2.45, 2.75) is 26.9 Å². The Kier molecular flexibility index (Phi) is 4.39. The number of nitrogen functional groups attached to an aromatic ring is 1. The van der Waals surface area contributed by atoms with E-state index in [0.29, 0.717) is 12.4 Å². The number of carboxylic acid groups (broad SMARTS) is 1. The molecule has 94 valence electrons. The smallest absolute Gasteiger partial charge is 0.341 e. The molecule has 1 aromatic heterocycles. The van der Waals surface area contributed by atoms with Crippen LogP contribution in [0.25, 0.3) is 0 Å². The summed E-state index contributed by atoms with van der Waals surface area (Å²) in [5.74, 6) is -0.561. The number of nitrogens with zero attached hydrogens (tertiary/aromatic N) is 2. The van der Waals surface area contributed by atoms with E-state index in [1.165, 1.54) is 6.20 Å². The number of hydrogen-bond donors (Lipinski definition) is 2. The first-order chi connectivity index (χ1) is 7.97. The minimum absolute atomic E-state index is 0.0344. The summed E-state index contributed by atoms with van der Waals surface area (Å²) in [7, 11) is 0. The number of rotatable bonds is 5. The fourth-order valence-corrected chi connectivity index (χ4v) is 1.46. The van der Waals surface area contributed by atoms with Crippen molar-refractivity contribution in [1.82, 2.24) is 9.97 Å². The molecule has 3 N–H and O–H groups in total. The number of ether oxygens (including phenoxy) is 1. The van der Waals surface area contributed by atoms with Crippen LogP contribution in [0.15, 0.2) is 6.20 Å². The Hall–Kier alpha value is -1.69. The van der Waals surface area contributed by atoms with Crippen LogP contribution in [-0.2, 0) is 4.74 Å². The van der Waals surface area contributed by atoms with E-state index in [-0.39, 0.29) is 23.4 Å². The van der Waals surface area contributed by atoms with Gasteiger partial charge >= 0.3 is 5.97 Å². The topological polar surface area (TPSA) is 98.3 Å². The van der Waals surface area contributed by atoms with Gasteiger partial charge in [0.2, 0.25) is 0 Å². The normalized spacial score (nSPS) is 12.7. The number of carboxylic acids is 1. The monoisotopic (exact) mass is 239 g/mol. The van der Waals surface area contributed by atoms with Gasteiger partial charge in [0, 0.05) is 12.8 Å². The molecule has 0 aliphatic rings. The third-order valence-corrected chi connectivity index (χ3v) is 2.27. The maximum Gasteiger partial charge on any atom is 0.341 e. The molecule has 0 aliphatic heterocycles. The molecule has 0 bridgehead atoms. The Morgan fingerprint density at radius 2 is 2.24 bits per heavy atom. The third-order valence-electron chi connectivity index (χ3n) is 2.27. The van der Waals surface area contributed by atoms with Crippen LogP contribution in [0.4, 0.5) is 5.82 Å². The van der Waals surface area contributed by atoms with E-state index in [1.807, 2.05) is 20.8 Å². The standard InChI is InChI=1S/C11H17N3O3/c1-4-17-8(6(2)3)10-13-5-7(11(15)16)9(12)14-10/h5-6,8H,4H2,1-3H3,(H,15,16)(H2,12,13,14). The number of hydrogen-bond acceptors (Lipinski definition) is 5. The molecule has 0 spiro atoms. The highest BCUT2D eigenvalue weighted by Gasteiger charge is 2.21. The molecular weight excluding hydrogens is 222 g/mol. The SMILES string of the molecule is CCOC(c1ncc(C(=O)O)c(N)n1)C(C)C. The van der Waals surface area contributed by atoms with Gasteiger partial charge in [0.15, 0.2) is 5.82 Å². The maximum atomic E-state index is 10.8. The highest BCUT2D eigenvalue weighted by molar-refractivity contribution is 5.92. The van der Waals surface area contributed by atoms with E-state index in [1.54, 1.807) is 0 Å². The minimum atomic E-state index is -1.13. The number of aromatic carboxylic acids is 1. The Bertz CT molecular complexity index is 407. The van der Waals surface area contributed by atoms with E-state index in [4.69, 9.17) is 15.6 Å². The summed E-state index contributed by atoms with van der Waals surface area (Å²) in [4.78, 5) is 18.8. The van der Waals surface area contributed by atoms with Gasteiger partial charge < -0.3 is 15.6 Å². The van der Waals surface area contributed by atoms with E-state index in [9.17, 15) is 4.79 Å². The van der Waals surface area contributed by atoms with Gasteiger partial charge in [-0.15, -0.1) is 0 Å². The zero-order valence-corrected chi connectivity index (χ0v) is 10.2. The van der Waals surface area contributed by atoms with Crippen LogP contribution >= 0.6 is 0 Å². The van der Waals surface area contributed by atoms with Gasteiger partial charge in [0.1, 0.15) is 17.5 Å². The zero-order valence-electron chi connectivity index (χ0n) is 10.2. The van der Waals surface area contributed by atoms with Gasteiger partial charge in [-0.25, -0.2) is 14.8 Å². The number of anilines is 1. The lowest BCUT2D eigenvalue weighted by atomic mass is 10.1. The quantitative estimate of drug-likeness (QED) is 0.807. The molecule has 0 radical (unpaired) electrons. The van der Waals surface area contributed by atoms with Crippen LogP contribution in [0.5, 0.6) is 0 Å². The summed E-state index contributed by atoms with van der Waals surface area (Å²) >= 11 is 0. The lowest BCUT2D eigenvalue weighted by Crippen LogP contribution is -2.17. The molecule has 0 saturated carbocycles. The second kappa shape index (κ2) is 5.58. The summed E-state index contributed by atoms with van der Waals surface area (Å²) in [5, 5.41) is 8.82. The first-order valence-corrected chi connectivity index (χ1v) is 5.44. The second-order valence-corrected chi connectivity index (χ2v) is 3.95. The van der Waals surface area contributed by atoms with E-state index in [2.05, 4.69) is 9.97 Å². The third kappa shape index (κ3) is 3.13. The number of nitrogens with two attached hydrogens (primary N) is 1. The van der Waals surface area contributed by atoms with Gasteiger partial charge in [0.25, 0.3) is 0 Å². The summed E-state index contributed by atoms with van der Waals surface area (Å²) in [6, 6.07) is 0. The molecule has 0 aliphatic carbocycles. The Balaban J connectivity index is 3.06. The van der Waals surface area contributed by atoms with Crippen molar-refractivity contribution in [3.63, 3.8) is 0 Å². The second-order valence-electron chi connectivity index (χ2n) is 3.95. The van der Waals surface area contributed by atoms with Crippen LogP contribution in [0, 0.1) is 5.92 Å². The van der Waals surface area contributed by atoms with Crippen LogP contribution in [0.2, 0.25) is 0 Å². The van der Waals surface area contributed by atoms with Crippen molar-refractivity contribution in [2.24, 2.45) is 5.92 Å². The van der Waals surface area contributed by atoms with Gasteiger partial charge in [-0.3, -0.25) is 0 Å². The first kappa shape index (κ1) is 13.4. The Labute approximate surface area is 99.8 Å². The average Bonchev–Trinajstić information content (AvgIpc) is 2.24. The molecule has 17 heavy (non-hydrogen) atoms. The summed E-state index contributed by atoms with van der Waals surface area (Å²) in [5.41, 5.74) is 5.48. The van der Waals surface area contributed by atoms with Gasteiger partial charge in [-0.2, -0.15) is 0 Å². The maximum absolute atomic E-state index is 10.8. The molecule has 6 heteroatoms. The van der Waals surface area contributed by atoms with Crippen LogP contribution in [0.3, 0.4) is 0 Å². The molecule has 0 fully saturated rings. The summed E-state index contributed by atoms with van der Waals surface area (Å²) in [6.45, 7) is 6.37. The molecule has 1 unspecified atom stereocenters. The lowest BCUT2D eigenvalue weighted by molar-refractivity contribution is 0.0232. The molecule has 1 heterocycles. The molecule has 0 amide bonds. The molecular formula is C11H17N3O3. The zero-order chi connectivity index (χ0) is 13.0. The van der Waals surface area contributed by atoms with Crippen molar-refractivity contribution in [1.29, 1.82) is 0 Å². The number of carbonyl (C=O) groups is 1. The first-order valence-electron chi connectivity index (χ1n) is 5.44. The Morgan fingerprint density at radius 1 is 1.59 bits per heavy atom. The van der Waals surface area contributed by atoms with Crippen LogP contribution in [-0.4, -0.2) is 27.7 Å². The highest BCUT2D eigenvalue weighted by atomic mass is 16.5. The van der Waals surface area contributed by atoms with Gasteiger partial charge in [-0.05, 0) is 12.8 Å². The Morgan fingerprint density at radius 3 is 2.65 bits per heavy atom. The van der Waals surface area contributed by atoms with Crippen LogP contribution in [0.1, 0.15) is 43.1 Å². The van der Waals surface area contributed by atoms with Crippen molar-refractivity contribution >= 4 is 11.8 Å². The molecule has 6 nitrogen and oxygen atoms in total.